The second kappa shape index (κ2) is 7.17. The van der Waals surface area contributed by atoms with E-state index in [0.29, 0.717) is 6.54 Å². The van der Waals surface area contributed by atoms with Crippen LogP contribution in [0, 0.1) is 12.8 Å². The molecule has 3 nitrogen and oxygen atoms in total. The van der Waals surface area contributed by atoms with Gasteiger partial charge in [-0.2, -0.15) is 0 Å². The van der Waals surface area contributed by atoms with E-state index in [4.69, 9.17) is 0 Å². The molecule has 1 rings (SSSR count). The van der Waals surface area contributed by atoms with Gasteiger partial charge in [-0.25, -0.2) is 0 Å². The van der Waals surface area contributed by atoms with E-state index in [2.05, 4.69) is 30.4 Å². The third-order valence-corrected chi connectivity index (χ3v) is 3.08. The average molecular weight is 248 g/mol. The number of hydrogen-bond acceptors (Lipinski definition) is 2. The van der Waals surface area contributed by atoms with Gasteiger partial charge in [0.2, 0.25) is 5.91 Å². The standard InChI is InChI=1S/C15H24N2O/c1-5-17(15(18)13(3)10-16-4)11-14-8-6-7-12(2)9-14/h6-9,13,16H,5,10-11H2,1-4H3. The van der Waals surface area contributed by atoms with Gasteiger partial charge in [-0.05, 0) is 26.5 Å². The Morgan fingerprint density at radius 2 is 2.17 bits per heavy atom. The highest BCUT2D eigenvalue weighted by Gasteiger charge is 2.18. The predicted octanol–water partition coefficient (Wildman–Crippen LogP) is 2.20. The van der Waals surface area contributed by atoms with Crippen molar-refractivity contribution < 1.29 is 4.79 Å². The fraction of sp³-hybridized carbons (Fsp3) is 0.533. The molecule has 1 unspecified atom stereocenters. The van der Waals surface area contributed by atoms with Crippen LogP contribution in [0.4, 0.5) is 0 Å². The van der Waals surface area contributed by atoms with Crippen LogP contribution in [-0.2, 0) is 11.3 Å². The number of nitrogens with zero attached hydrogens (tertiary/aromatic N) is 1. The lowest BCUT2D eigenvalue weighted by molar-refractivity contribution is -0.135. The van der Waals surface area contributed by atoms with Gasteiger partial charge >= 0.3 is 0 Å². The summed E-state index contributed by atoms with van der Waals surface area (Å²) in [4.78, 5) is 14.2. The Kier molecular flexibility index (Phi) is 5.86. The minimum absolute atomic E-state index is 0.0276. The average Bonchev–Trinajstić information content (AvgIpc) is 2.35. The number of nitrogens with one attached hydrogen (secondary N) is 1. The molecule has 0 aliphatic heterocycles. The Bertz CT molecular complexity index is 390. The Morgan fingerprint density at radius 1 is 1.44 bits per heavy atom. The lowest BCUT2D eigenvalue weighted by atomic mass is 10.1. The monoisotopic (exact) mass is 248 g/mol. The fourth-order valence-electron chi connectivity index (χ4n) is 2.08. The Hall–Kier alpha value is -1.35. The molecule has 0 spiro atoms. The molecule has 18 heavy (non-hydrogen) atoms. The van der Waals surface area contributed by atoms with E-state index in [1.54, 1.807) is 0 Å². The van der Waals surface area contributed by atoms with Crippen LogP contribution >= 0.6 is 0 Å². The molecule has 1 N–H and O–H groups in total. The summed E-state index contributed by atoms with van der Waals surface area (Å²) in [7, 11) is 1.88. The molecule has 0 radical (unpaired) electrons. The van der Waals surface area contributed by atoms with Crippen molar-refractivity contribution >= 4 is 5.91 Å². The van der Waals surface area contributed by atoms with Crippen LogP contribution in [0.5, 0.6) is 0 Å². The molecule has 1 atom stereocenters. The van der Waals surface area contributed by atoms with E-state index in [9.17, 15) is 4.79 Å². The van der Waals surface area contributed by atoms with Crippen molar-refractivity contribution in [2.24, 2.45) is 5.92 Å². The zero-order valence-corrected chi connectivity index (χ0v) is 11.9. The first-order valence-electron chi connectivity index (χ1n) is 6.57. The third-order valence-electron chi connectivity index (χ3n) is 3.08. The van der Waals surface area contributed by atoms with Crippen molar-refractivity contribution in [2.45, 2.75) is 27.3 Å². The highest BCUT2D eigenvalue weighted by molar-refractivity contribution is 5.78. The van der Waals surface area contributed by atoms with E-state index < -0.39 is 0 Å². The van der Waals surface area contributed by atoms with Gasteiger partial charge in [0.25, 0.3) is 0 Å². The van der Waals surface area contributed by atoms with E-state index in [0.717, 1.165) is 13.1 Å². The fourth-order valence-corrected chi connectivity index (χ4v) is 2.08. The van der Waals surface area contributed by atoms with E-state index in [1.807, 2.05) is 31.9 Å². The lowest BCUT2D eigenvalue weighted by Gasteiger charge is -2.24. The summed E-state index contributed by atoms with van der Waals surface area (Å²) in [6.45, 7) is 8.25. The van der Waals surface area contributed by atoms with Crippen molar-refractivity contribution in [3.63, 3.8) is 0 Å². The molecule has 0 aliphatic carbocycles. The molecular formula is C15H24N2O. The van der Waals surface area contributed by atoms with Crippen molar-refractivity contribution in [2.75, 3.05) is 20.1 Å². The molecule has 0 saturated carbocycles. The van der Waals surface area contributed by atoms with E-state index in [1.165, 1.54) is 11.1 Å². The first kappa shape index (κ1) is 14.7. The molecule has 0 aromatic heterocycles. The van der Waals surface area contributed by atoms with Gasteiger partial charge < -0.3 is 10.2 Å². The third kappa shape index (κ3) is 4.15. The molecule has 1 aromatic carbocycles. The number of benzene rings is 1. The molecule has 0 heterocycles. The molecule has 1 aromatic rings. The number of hydrogen-bond donors (Lipinski definition) is 1. The van der Waals surface area contributed by atoms with Gasteiger partial charge in [-0.3, -0.25) is 4.79 Å². The summed E-state index contributed by atoms with van der Waals surface area (Å²) in [6, 6.07) is 8.33. The Balaban J connectivity index is 2.69. The van der Waals surface area contributed by atoms with E-state index in [-0.39, 0.29) is 11.8 Å². The summed E-state index contributed by atoms with van der Waals surface area (Å²) in [6.07, 6.45) is 0. The summed E-state index contributed by atoms with van der Waals surface area (Å²) in [5, 5.41) is 3.05. The number of carbonyl (C=O) groups is 1. The summed E-state index contributed by atoms with van der Waals surface area (Å²) >= 11 is 0. The molecule has 0 aliphatic rings. The van der Waals surface area contributed by atoms with E-state index >= 15 is 0 Å². The van der Waals surface area contributed by atoms with Crippen LogP contribution in [0.2, 0.25) is 0 Å². The molecular weight excluding hydrogens is 224 g/mol. The molecule has 0 fully saturated rings. The lowest BCUT2D eigenvalue weighted by Crippen LogP contribution is -2.38. The maximum Gasteiger partial charge on any atom is 0.226 e. The Morgan fingerprint density at radius 3 is 2.72 bits per heavy atom. The second-order valence-electron chi connectivity index (χ2n) is 4.80. The highest BCUT2D eigenvalue weighted by Crippen LogP contribution is 2.10. The van der Waals surface area contributed by atoms with Crippen molar-refractivity contribution in [1.29, 1.82) is 0 Å². The van der Waals surface area contributed by atoms with Gasteiger partial charge in [0.15, 0.2) is 0 Å². The van der Waals surface area contributed by atoms with Gasteiger partial charge in [0, 0.05) is 25.6 Å². The van der Waals surface area contributed by atoms with Crippen molar-refractivity contribution in [1.82, 2.24) is 10.2 Å². The van der Waals surface area contributed by atoms with Gasteiger partial charge in [0.1, 0.15) is 0 Å². The van der Waals surface area contributed by atoms with Gasteiger partial charge in [0.05, 0.1) is 0 Å². The summed E-state index contributed by atoms with van der Waals surface area (Å²) in [5.41, 5.74) is 2.43. The summed E-state index contributed by atoms with van der Waals surface area (Å²) < 4.78 is 0. The summed E-state index contributed by atoms with van der Waals surface area (Å²) in [5.74, 6) is 0.244. The SMILES string of the molecule is CCN(Cc1cccc(C)c1)C(=O)C(C)CNC. The number of amides is 1. The van der Waals surface area contributed by atoms with Crippen LogP contribution in [0.3, 0.4) is 0 Å². The van der Waals surface area contributed by atoms with Crippen LogP contribution in [0.15, 0.2) is 24.3 Å². The zero-order chi connectivity index (χ0) is 13.5. The quantitative estimate of drug-likeness (QED) is 0.837. The Labute approximate surface area is 110 Å². The van der Waals surface area contributed by atoms with Crippen molar-refractivity contribution in [3.05, 3.63) is 35.4 Å². The molecule has 0 bridgehead atoms. The van der Waals surface area contributed by atoms with Crippen LogP contribution in [0.1, 0.15) is 25.0 Å². The molecule has 1 amide bonds. The van der Waals surface area contributed by atoms with Gasteiger partial charge in [-0.15, -0.1) is 0 Å². The molecule has 3 heteroatoms. The molecule has 100 valence electrons. The smallest absolute Gasteiger partial charge is 0.226 e. The number of rotatable bonds is 6. The number of aryl methyl sites for hydroxylation is 1. The highest BCUT2D eigenvalue weighted by atomic mass is 16.2. The maximum absolute atomic E-state index is 12.2. The first-order valence-corrected chi connectivity index (χ1v) is 6.57. The van der Waals surface area contributed by atoms with Crippen LogP contribution in [0.25, 0.3) is 0 Å². The predicted molar refractivity (Wildman–Crippen MR) is 75.4 cm³/mol. The van der Waals surface area contributed by atoms with Crippen molar-refractivity contribution in [3.8, 4) is 0 Å². The van der Waals surface area contributed by atoms with Gasteiger partial charge in [-0.1, -0.05) is 36.8 Å². The second-order valence-corrected chi connectivity index (χ2v) is 4.80. The topological polar surface area (TPSA) is 32.3 Å². The van der Waals surface area contributed by atoms with Crippen LogP contribution in [-0.4, -0.2) is 30.9 Å². The minimum atomic E-state index is 0.0276. The van der Waals surface area contributed by atoms with Crippen LogP contribution < -0.4 is 5.32 Å². The number of carbonyl (C=O) groups excluding carboxylic acids is 1. The minimum Gasteiger partial charge on any atom is -0.338 e. The first-order chi connectivity index (χ1) is 8.58. The molecule has 0 saturated heterocycles. The maximum atomic E-state index is 12.2. The zero-order valence-electron chi connectivity index (χ0n) is 11.9. The largest absolute Gasteiger partial charge is 0.338 e. The normalized spacial score (nSPS) is 12.2.